The number of likely N-dealkylation sites (N-methyl/N-ethyl adjacent to an activating group) is 1. The average molecular weight is 863 g/mol. The third-order valence-electron chi connectivity index (χ3n) is 11.5. The van der Waals surface area contributed by atoms with Gasteiger partial charge in [-0.05, 0) is 65.2 Å². The highest BCUT2D eigenvalue weighted by Gasteiger charge is 2.33. The zero-order valence-electron chi connectivity index (χ0n) is 35.1. The number of aromatic nitrogens is 6. The maximum atomic E-state index is 13.3. The number of rotatable bonds is 15. The van der Waals surface area contributed by atoms with Crippen LogP contribution in [0.15, 0.2) is 138 Å². The summed E-state index contributed by atoms with van der Waals surface area (Å²) >= 11 is 0. The molecule has 1 fully saturated rings. The van der Waals surface area contributed by atoms with Crippen LogP contribution in [-0.4, -0.2) is 121 Å². The maximum absolute atomic E-state index is 13.3. The van der Waals surface area contributed by atoms with E-state index in [1.165, 1.54) is 19.8 Å². The molecule has 0 saturated carbocycles. The number of methoxy groups -OCH3 is 1. The first kappa shape index (κ1) is 42.0. The zero-order chi connectivity index (χ0) is 44.3. The van der Waals surface area contributed by atoms with Crippen LogP contribution in [0.2, 0.25) is 0 Å². The van der Waals surface area contributed by atoms with Crippen molar-refractivity contribution in [2.45, 2.75) is 18.2 Å². The highest BCUT2D eigenvalue weighted by atomic mass is 16.5. The van der Waals surface area contributed by atoms with Gasteiger partial charge in [-0.2, -0.15) is 0 Å². The fourth-order valence-corrected chi connectivity index (χ4v) is 8.25. The van der Waals surface area contributed by atoms with Crippen molar-refractivity contribution in [1.29, 1.82) is 0 Å². The van der Waals surface area contributed by atoms with Crippen LogP contribution in [-0.2, 0) is 9.53 Å². The van der Waals surface area contributed by atoms with Crippen molar-refractivity contribution in [3.8, 4) is 45.1 Å². The molecule has 9 rings (SSSR count). The fourth-order valence-electron chi connectivity index (χ4n) is 8.25. The van der Waals surface area contributed by atoms with Crippen molar-refractivity contribution in [2.75, 3.05) is 53.6 Å². The van der Waals surface area contributed by atoms with Gasteiger partial charge in [0.1, 0.15) is 36.9 Å². The van der Waals surface area contributed by atoms with Gasteiger partial charge in [0.2, 0.25) is 5.91 Å². The number of benzene rings is 4. The lowest BCUT2D eigenvalue weighted by molar-refractivity contribution is -0.137. The number of hydrogen-bond donors (Lipinski definition) is 4. The standard InChI is InChI=1S/C48H46N8O8/c1-53-20-21-54(24-41(53)59)44(40(58)27-64-37-18-12-31(13-19-37)38-22-55(33-6-4-3-5-7-33)45-42(38)47(60)51-28-49-45)32-8-14-34(15-9-32)56-23-39(43-46(56)50-29-52-48(43)61)30-10-16-36(17-11-30)63-26-35(57)25-62-2/h3-19,22-23,28-29,35,40,44,57-58H,20-21,24-27H2,1-2H3,(H,49,51,60)(H,50,52,61). The molecule has 1 amide bonds. The summed E-state index contributed by atoms with van der Waals surface area (Å²) in [4.78, 5) is 57.4. The van der Waals surface area contributed by atoms with Gasteiger partial charge in [0.05, 0.1) is 42.6 Å². The quantitative estimate of drug-likeness (QED) is 0.112. The summed E-state index contributed by atoms with van der Waals surface area (Å²) in [6, 6.07) is 31.3. The number of hydrogen-bond acceptors (Lipinski definition) is 11. The molecule has 4 aromatic heterocycles. The molecule has 1 saturated heterocycles. The summed E-state index contributed by atoms with van der Waals surface area (Å²) in [6.45, 7) is 1.33. The van der Waals surface area contributed by atoms with Gasteiger partial charge >= 0.3 is 0 Å². The number of aliphatic hydroxyl groups excluding tert-OH is 2. The average Bonchev–Trinajstić information content (AvgIpc) is 3.91. The molecule has 4 N–H and O–H groups in total. The number of para-hydroxylation sites is 1. The molecule has 1 aliphatic heterocycles. The van der Waals surface area contributed by atoms with Gasteiger partial charge in [-0.1, -0.05) is 54.6 Å². The van der Waals surface area contributed by atoms with Crippen LogP contribution < -0.4 is 20.6 Å². The molecule has 0 spiro atoms. The predicted molar refractivity (Wildman–Crippen MR) is 241 cm³/mol. The third kappa shape index (κ3) is 8.42. The topological polar surface area (TPSA) is 193 Å². The van der Waals surface area contributed by atoms with Crippen molar-refractivity contribution < 1.29 is 29.2 Å². The van der Waals surface area contributed by atoms with E-state index in [2.05, 4.69) is 19.9 Å². The number of piperazine rings is 1. The molecule has 0 bridgehead atoms. The second kappa shape index (κ2) is 18.2. The second-order valence-electron chi connectivity index (χ2n) is 15.7. The Kier molecular flexibility index (Phi) is 11.9. The minimum atomic E-state index is -1.04. The Bertz CT molecular complexity index is 3020. The number of amides is 1. The molecule has 5 heterocycles. The molecule has 3 unspecified atom stereocenters. The Balaban J connectivity index is 0.959. The molecular formula is C48H46N8O8. The van der Waals surface area contributed by atoms with Gasteiger partial charge < -0.3 is 48.4 Å². The summed E-state index contributed by atoms with van der Waals surface area (Å²) in [5.41, 5.74) is 5.78. The lowest BCUT2D eigenvalue weighted by Crippen LogP contribution is -2.52. The predicted octanol–water partition coefficient (Wildman–Crippen LogP) is 4.72. The van der Waals surface area contributed by atoms with Crippen LogP contribution >= 0.6 is 0 Å². The molecule has 16 nitrogen and oxygen atoms in total. The van der Waals surface area contributed by atoms with E-state index in [-0.39, 0.29) is 43.4 Å². The number of ether oxygens (including phenoxy) is 3. The number of nitrogens with one attached hydrogen (secondary N) is 2. The van der Waals surface area contributed by atoms with E-state index in [0.29, 0.717) is 57.8 Å². The molecule has 16 heteroatoms. The first-order valence-corrected chi connectivity index (χ1v) is 20.8. The van der Waals surface area contributed by atoms with Crippen molar-refractivity contribution in [3.63, 3.8) is 0 Å². The number of aromatic amines is 2. The van der Waals surface area contributed by atoms with Crippen molar-refractivity contribution in [3.05, 3.63) is 154 Å². The van der Waals surface area contributed by atoms with Gasteiger partial charge in [0, 0.05) is 62.1 Å². The molecule has 1 aliphatic rings. The molecule has 8 aromatic rings. The van der Waals surface area contributed by atoms with Crippen LogP contribution in [0, 0.1) is 0 Å². The molecular weight excluding hydrogens is 817 g/mol. The smallest absolute Gasteiger partial charge is 0.260 e. The number of fused-ring (bicyclic) bond motifs is 2. The summed E-state index contributed by atoms with van der Waals surface area (Å²) in [7, 11) is 3.28. The number of nitrogens with zero attached hydrogens (tertiary/aromatic N) is 6. The molecule has 0 radical (unpaired) electrons. The Morgan fingerprint density at radius 3 is 1.72 bits per heavy atom. The summed E-state index contributed by atoms with van der Waals surface area (Å²) in [6.07, 6.45) is 4.73. The SMILES string of the molecule is COCC(O)COc1ccc(-c2cn(-c3ccc(C(C(O)COc4ccc(-c5cn(-c6ccccc6)c6nc[nH]c(=O)c56)cc4)N4CCN(C)C(=O)C4)cc3)c3nc[nH]c(=O)c23)cc1. The summed E-state index contributed by atoms with van der Waals surface area (Å²) < 4.78 is 20.6. The maximum Gasteiger partial charge on any atom is 0.260 e. The van der Waals surface area contributed by atoms with E-state index < -0.39 is 18.2 Å². The van der Waals surface area contributed by atoms with E-state index >= 15 is 0 Å². The van der Waals surface area contributed by atoms with Gasteiger partial charge in [-0.15, -0.1) is 0 Å². The highest BCUT2D eigenvalue weighted by Crippen LogP contribution is 2.34. The van der Waals surface area contributed by atoms with Crippen molar-refractivity contribution in [2.24, 2.45) is 0 Å². The Morgan fingerprint density at radius 2 is 1.19 bits per heavy atom. The largest absolute Gasteiger partial charge is 0.491 e. The van der Waals surface area contributed by atoms with Gasteiger partial charge in [-0.25, -0.2) is 9.97 Å². The number of H-pyrrole nitrogens is 2. The van der Waals surface area contributed by atoms with Crippen molar-refractivity contribution >= 4 is 28.0 Å². The van der Waals surface area contributed by atoms with Crippen LogP contribution in [0.3, 0.4) is 0 Å². The Morgan fingerprint density at radius 1 is 0.656 bits per heavy atom. The van der Waals surface area contributed by atoms with Crippen LogP contribution in [0.5, 0.6) is 11.5 Å². The van der Waals surface area contributed by atoms with Crippen LogP contribution in [0.25, 0.3) is 55.7 Å². The zero-order valence-corrected chi connectivity index (χ0v) is 35.1. The minimum absolute atomic E-state index is 0.0508. The molecule has 3 atom stereocenters. The Labute approximate surface area is 366 Å². The molecule has 326 valence electrons. The monoisotopic (exact) mass is 862 g/mol. The summed E-state index contributed by atoms with van der Waals surface area (Å²) in [5, 5.41) is 22.8. The molecule has 4 aromatic carbocycles. The lowest BCUT2D eigenvalue weighted by Gasteiger charge is -2.39. The Hall–Kier alpha value is -7.37. The van der Waals surface area contributed by atoms with Gasteiger partial charge in [0.15, 0.2) is 11.3 Å². The summed E-state index contributed by atoms with van der Waals surface area (Å²) in [5.74, 6) is 1.03. The fraction of sp³-hybridized carbons (Fsp3) is 0.229. The van der Waals surface area contributed by atoms with Crippen LogP contribution in [0.1, 0.15) is 11.6 Å². The second-order valence-corrected chi connectivity index (χ2v) is 15.7. The lowest BCUT2D eigenvalue weighted by atomic mass is 9.98. The van der Waals surface area contributed by atoms with Crippen LogP contribution in [0.4, 0.5) is 0 Å². The highest BCUT2D eigenvalue weighted by molar-refractivity contribution is 5.95. The van der Waals surface area contributed by atoms with Gasteiger partial charge in [0.25, 0.3) is 11.1 Å². The normalized spacial score (nSPS) is 14.8. The van der Waals surface area contributed by atoms with E-state index in [4.69, 9.17) is 14.2 Å². The third-order valence-corrected chi connectivity index (χ3v) is 11.5. The van der Waals surface area contributed by atoms with E-state index in [0.717, 1.165) is 28.1 Å². The van der Waals surface area contributed by atoms with Crippen molar-refractivity contribution in [1.82, 2.24) is 38.9 Å². The first-order valence-electron chi connectivity index (χ1n) is 20.8. The van der Waals surface area contributed by atoms with Gasteiger partial charge in [-0.3, -0.25) is 19.3 Å². The van der Waals surface area contributed by atoms with E-state index in [1.807, 2.05) is 105 Å². The molecule has 64 heavy (non-hydrogen) atoms. The molecule has 0 aliphatic carbocycles. The first-order chi connectivity index (χ1) is 31.2. The number of carbonyl (C=O) groups excluding carboxylic acids is 1. The minimum Gasteiger partial charge on any atom is -0.491 e. The van der Waals surface area contributed by atoms with E-state index in [1.54, 1.807) is 36.2 Å². The van der Waals surface area contributed by atoms with E-state index in [9.17, 15) is 24.6 Å². The number of aliphatic hydroxyl groups is 2. The number of carbonyl (C=O) groups is 1.